The number of hydrogen-bond donors (Lipinski definition) is 0. The number of benzene rings is 10. The van der Waals surface area contributed by atoms with E-state index >= 15 is 0 Å². The molecule has 0 atom stereocenters. The van der Waals surface area contributed by atoms with Crippen LogP contribution in [0.15, 0.2) is 212 Å². The van der Waals surface area contributed by atoms with Crippen LogP contribution in [-0.2, 0) is 6.42 Å². The highest BCUT2D eigenvalue weighted by atomic mass is 32.1. The van der Waals surface area contributed by atoms with Crippen LogP contribution in [0.4, 0.5) is 17.1 Å². The van der Waals surface area contributed by atoms with E-state index in [-0.39, 0.29) is 0 Å². The molecule has 10 aromatic carbocycles. The maximum Gasteiger partial charge on any atom is 0.0547 e. The van der Waals surface area contributed by atoms with Crippen molar-refractivity contribution in [2.45, 2.75) is 12.8 Å². The van der Waals surface area contributed by atoms with E-state index in [4.69, 9.17) is 0 Å². The number of allylic oxidation sites excluding steroid dienone is 1. The van der Waals surface area contributed by atoms with E-state index in [1.165, 1.54) is 114 Å². The van der Waals surface area contributed by atoms with E-state index in [1.54, 1.807) is 0 Å². The quantitative estimate of drug-likeness (QED) is 0.162. The fourth-order valence-corrected chi connectivity index (χ4v) is 11.5. The fraction of sp³-hybridized carbons (Fsp3) is 0.0333. The third-order valence-electron chi connectivity index (χ3n) is 13.2. The molecule has 0 aliphatic heterocycles. The Kier molecular flexibility index (Phi) is 8.25. The van der Waals surface area contributed by atoms with Gasteiger partial charge in [-0.05, 0) is 123 Å². The third-order valence-corrected chi connectivity index (χ3v) is 14.4. The van der Waals surface area contributed by atoms with E-state index in [0.717, 1.165) is 18.5 Å². The van der Waals surface area contributed by atoms with Crippen molar-refractivity contribution >= 4 is 98.0 Å². The van der Waals surface area contributed by atoms with Crippen molar-refractivity contribution in [1.82, 2.24) is 4.57 Å². The van der Waals surface area contributed by atoms with Gasteiger partial charge in [0.05, 0.1) is 16.7 Å². The number of hydrogen-bond acceptors (Lipinski definition) is 2. The van der Waals surface area contributed by atoms with E-state index in [9.17, 15) is 0 Å². The molecule has 0 bridgehead atoms. The minimum absolute atomic E-state index is 1.01. The lowest BCUT2D eigenvalue weighted by atomic mass is 9.92. The zero-order valence-electron chi connectivity index (χ0n) is 34.5. The average Bonchev–Trinajstić information content (AvgIpc) is 3.90. The first kappa shape index (κ1) is 36.0. The number of thiophene rings is 1. The summed E-state index contributed by atoms with van der Waals surface area (Å²) in [5.74, 6) is 0. The lowest BCUT2D eigenvalue weighted by molar-refractivity contribution is 0.980. The predicted octanol–water partition coefficient (Wildman–Crippen LogP) is 17.2. The fourth-order valence-electron chi connectivity index (χ4n) is 10.4. The average molecular weight is 821 g/mol. The van der Waals surface area contributed by atoms with Crippen molar-refractivity contribution in [3.05, 3.63) is 223 Å². The minimum atomic E-state index is 1.01. The Hall–Kier alpha value is -7.72. The van der Waals surface area contributed by atoms with Gasteiger partial charge in [-0.15, -0.1) is 11.3 Å². The summed E-state index contributed by atoms with van der Waals surface area (Å²) in [4.78, 5) is 2.49. The monoisotopic (exact) mass is 820 g/mol. The Bertz CT molecular complexity index is 3820. The molecule has 1 aliphatic carbocycles. The molecule has 1 aliphatic rings. The van der Waals surface area contributed by atoms with Crippen molar-refractivity contribution in [1.29, 1.82) is 0 Å². The van der Waals surface area contributed by atoms with Crippen LogP contribution in [0, 0.1) is 0 Å². The second kappa shape index (κ2) is 14.4. The van der Waals surface area contributed by atoms with Crippen molar-refractivity contribution in [2.24, 2.45) is 0 Å². The maximum absolute atomic E-state index is 2.49. The van der Waals surface area contributed by atoms with E-state index in [2.05, 4.69) is 228 Å². The van der Waals surface area contributed by atoms with E-state index in [1.807, 2.05) is 11.3 Å². The molecule has 0 saturated heterocycles. The van der Waals surface area contributed by atoms with Gasteiger partial charge < -0.3 is 9.47 Å². The van der Waals surface area contributed by atoms with Gasteiger partial charge in [-0.25, -0.2) is 0 Å². The molecule has 2 aromatic heterocycles. The molecule has 12 aromatic rings. The van der Waals surface area contributed by atoms with Gasteiger partial charge in [0.2, 0.25) is 0 Å². The Morgan fingerprint density at radius 2 is 1.13 bits per heavy atom. The first-order valence-electron chi connectivity index (χ1n) is 21.9. The summed E-state index contributed by atoms with van der Waals surface area (Å²) in [5, 5.41) is 10.2. The van der Waals surface area contributed by atoms with Crippen molar-refractivity contribution in [2.75, 3.05) is 4.90 Å². The SMILES string of the molecule is C1=Cc2cccc(N(c3cccc(-c4ccccc4-c4ccc5c6ccccc6n(-c6ccc7sc8ccc9ccccc9c8c7c6)c5c4)c3)c3cccc4ccccc34)c2CC1. The Balaban J connectivity index is 0.982. The first-order valence-corrected chi connectivity index (χ1v) is 22.7. The molecule has 2 heterocycles. The zero-order chi connectivity index (χ0) is 41.4. The van der Waals surface area contributed by atoms with Gasteiger partial charge in [0, 0.05) is 53.4 Å². The van der Waals surface area contributed by atoms with Crippen molar-refractivity contribution < 1.29 is 0 Å². The molecule has 2 nitrogen and oxygen atoms in total. The van der Waals surface area contributed by atoms with E-state index in [0.29, 0.717) is 0 Å². The summed E-state index contributed by atoms with van der Waals surface area (Å²) in [6.07, 6.45) is 6.64. The summed E-state index contributed by atoms with van der Waals surface area (Å²) in [7, 11) is 0. The Morgan fingerprint density at radius 3 is 2.02 bits per heavy atom. The highest BCUT2D eigenvalue weighted by Gasteiger charge is 2.22. The summed E-state index contributed by atoms with van der Waals surface area (Å²) in [5.41, 5.74) is 14.6. The molecule has 3 heteroatoms. The van der Waals surface area contributed by atoms with Gasteiger partial charge in [-0.2, -0.15) is 0 Å². The first-order chi connectivity index (χ1) is 31.2. The molecule has 13 rings (SSSR count). The van der Waals surface area contributed by atoms with Gasteiger partial charge in [0.25, 0.3) is 0 Å². The Labute approximate surface area is 369 Å². The highest BCUT2D eigenvalue weighted by Crippen LogP contribution is 2.46. The van der Waals surface area contributed by atoms with Crippen molar-refractivity contribution in [3.8, 4) is 27.9 Å². The van der Waals surface area contributed by atoms with E-state index < -0.39 is 0 Å². The molecular weight excluding hydrogens is 781 g/mol. The lowest BCUT2D eigenvalue weighted by Gasteiger charge is -2.30. The topological polar surface area (TPSA) is 8.17 Å². The molecule has 0 unspecified atom stereocenters. The number of anilines is 3. The number of aromatic nitrogens is 1. The maximum atomic E-state index is 2.49. The molecule has 0 amide bonds. The molecule has 296 valence electrons. The van der Waals surface area contributed by atoms with Gasteiger partial charge >= 0.3 is 0 Å². The second-order valence-electron chi connectivity index (χ2n) is 16.7. The largest absolute Gasteiger partial charge is 0.310 e. The summed E-state index contributed by atoms with van der Waals surface area (Å²) in [6.45, 7) is 0. The normalized spacial score (nSPS) is 12.6. The van der Waals surface area contributed by atoms with Crippen LogP contribution >= 0.6 is 11.3 Å². The smallest absolute Gasteiger partial charge is 0.0547 e. The number of nitrogens with zero attached hydrogens (tertiary/aromatic N) is 2. The molecule has 0 fully saturated rings. The molecule has 0 saturated carbocycles. The third kappa shape index (κ3) is 5.78. The zero-order valence-corrected chi connectivity index (χ0v) is 35.3. The van der Waals surface area contributed by atoms with Gasteiger partial charge in [0.15, 0.2) is 0 Å². The van der Waals surface area contributed by atoms with Crippen LogP contribution in [0.3, 0.4) is 0 Å². The summed E-state index contributed by atoms with van der Waals surface area (Å²) >= 11 is 1.88. The van der Waals surface area contributed by atoms with Gasteiger partial charge in [-0.1, -0.05) is 158 Å². The molecule has 63 heavy (non-hydrogen) atoms. The summed E-state index contributed by atoms with van der Waals surface area (Å²) < 4.78 is 5.11. The van der Waals surface area contributed by atoms with Crippen LogP contribution in [0.5, 0.6) is 0 Å². The second-order valence-corrected chi connectivity index (χ2v) is 17.8. The van der Waals surface area contributed by atoms with Gasteiger partial charge in [-0.3, -0.25) is 0 Å². The number of fused-ring (bicyclic) bond motifs is 10. The van der Waals surface area contributed by atoms with Crippen LogP contribution in [0.1, 0.15) is 17.5 Å². The summed E-state index contributed by atoms with van der Waals surface area (Å²) in [6, 6.07) is 76.5. The van der Waals surface area contributed by atoms with Crippen molar-refractivity contribution in [3.63, 3.8) is 0 Å². The van der Waals surface area contributed by atoms with Gasteiger partial charge in [0.1, 0.15) is 0 Å². The van der Waals surface area contributed by atoms with Crippen LogP contribution in [0.2, 0.25) is 0 Å². The Morgan fingerprint density at radius 1 is 0.444 bits per heavy atom. The van der Waals surface area contributed by atoms with Crippen LogP contribution in [-0.4, -0.2) is 4.57 Å². The number of para-hydroxylation sites is 1. The highest BCUT2D eigenvalue weighted by molar-refractivity contribution is 7.26. The molecule has 0 radical (unpaired) electrons. The molecule has 0 N–H and O–H groups in total. The number of rotatable bonds is 6. The predicted molar refractivity (Wildman–Crippen MR) is 272 cm³/mol. The minimum Gasteiger partial charge on any atom is -0.310 e. The lowest BCUT2D eigenvalue weighted by Crippen LogP contribution is -2.14. The standard InChI is InChI=1S/C60H40N2S/c1-4-23-48-39(14-1)17-12-28-54(48)61(55-29-13-18-40-15-2-5-24-49(40)55)44-20-11-19-42(36-44)46-21-7-8-22-47(46)43-30-33-52-51-26-9-10-27-56(51)62(57(52)37-43)45-32-35-58-53(38-45)60-50-25-6-3-16-41(50)31-34-59(60)63-58/h1-4,6-23,25-38H,5,24H2. The van der Waals surface area contributed by atoms with Crippen LogP contribution < -0.4 is 4.90 Å². The molecular formula is C60H40N2S. The van der Waals surface area contributed by atoms with Crippen LogP contribution in [0.25, 0.3) is 97.5 Å². The molecule has 0 spiro atoms.